The summed E-state index contributed by atoms with van der Waals surface area (Å²) in [5.41, 5.74) is 1.60. The highest BCUT2D eigenvalue weighted by Gasteiger charge is 2.45. The molecule has 0 bridgehead atoms. The number of aryl methyl sites for hydroxylation is 1. The van der Waals surface area contributed by atoms with Crippen molar-refractivity contribution in [2.24, 2.45) is 4.99 Å². The van der Waals surface area contributed by atoms with Crippen LogP contribution in [0.3, 0.4) is 0 Å². The second-order valence-corrected chi connectivity index (χ2v) is 8.27. The van der Waals surface area contributed by atoms with Crippen LogP contribution in [0, 0.1) is 0 Å². The second kappa shape index (κ2) is 10.6. The number of hydrogen-bond donors (Lipinski definition) is 2. The topological polar surface area (TPSA) is 75.3 Å². The molecule has 28 heavy (non-hydrogen) atoms. The molecule has 154 valence electrons. The Bertz CT molecular complexity index is 788. The maximum atomic E-state index is 5.28. The van der Waals surface area contributed by atoms with Gasteiger partial charge in [0, 0.05) is 42.4 Å². The third kappa shape index (κ3) is 5.92. The van der Waals surface area contributed by atoms with Gasteiger partial charge < -0.3 is 15.2 Å². The molecular weight excluding hydrogens is 533 g/mol. The van der Waals surface area contributed by atoms with Gasteiger partial charge >= 0.3 is 0 Å². The Hall–Kier alpha value is -1.16. The lowest BCUT2D eigenvalue weighted by atomic mass is 9.96. The van der Waals surface area contributed by atoms with Gasteiger partial charge in [-0.15, -0.1) is 24.0 Å². The van der Waals surface area contributed by atoms with Gasteiger partial charge in [-0.25, -0.2) is 0 Å². The van der Waals surface area contributed by atoms with Crippen molar-refractivity contribution in [2.45, 2.75) is 50.9 Å². The molecule has 6 nitrogen and oxygen atoms in total. The summed E-state index contributed by atoms with van der Waals surface area (Å²) in [6, 6.07) is 8.50. The first-order chi connectivity index (χ1) is 13.0. The number of nitrogens with zero attached hydrogens (tertiary/aromatic N) is 3. The van der Waals surface area contributed by atoms with Crippen LogP contribution in [0.5, 0.6) is 0 Å². The standard InChI is InChI=1S/C20H28BrN5O.HI/c1-14(2)18-25-17(27-26-18)9-6-12-23-19(22-3)24-13-20(10-11-20)15-7-4-5-8-16(15)21;/h4-5,7-8,14H,6,9-13H2,1-3H3,(H2,22,23,24);1H. The van der Waals surface area contributed by atoms with E-state index in [1.807, 2.05) is 0 Å². The van der Waals surface area contributed by atoms with E-state index in [2.05, 4.69) is 79.8 Å². The second-order valence-electron chi connectivity index (χ2n) is 7.42. The molecular formula is C20H29BrIN5O. The van der Waals surface area contributed by atoms with Crippen molar-refractivity contribution in [1.29, 1.82) is 0 Å². The fourth-order valence-corrected chi connectivity index (χ4v) is 3.81. The minimum absolute atomic E-state index is 0. The van der Waals surface area contributed by atoms with Crippen LogP contribution in [-0.4, -0.2) is 36.2 Å². The molecule has 0 amide bonds. The van der Waals surface area contributed by atoms with E-state index in [1.165, 1.54) is 22.9 Å². The Labute approximate surface area is 192 Å². The molecule has 0 saturated heterocycles. The number of rotatable bonds is 8. The molecule has 0 atom stereocenters. The fourth-order valence-electron chi connectivity index (χ4n) is 3.11. The van der Waals surface area contributed by atoms with Crippen LogP contribution in [0.15, 0.2) is 38.3 Å². The minimum Gasteiger partial charge on any atom is -0.356 e. The Morgan fingerprint density at radius 3 is 2.64 bits per heavy atom. The molecule has 2 aromatic rings. The first-order valence-electron chi connectivity index (χ1n) is 9.56. The minimum atomic E-state index is 0. The number of halogens is 2. The quantitative estimate of drug-likeness (QED) is 0.216. The van der Waals surface area contributed by atoms with Crippen LogP contribution in [-0.2, 0) is 11.8 Å². The lowest BCUT2D eigenvalue weighted by molar-refractivity contribution is 0.368. The van der Waals surface area contributed by atoms with E-state index in [9.17, 15) is 0 Å². The summed E-state index contributed by atoms with van der Waals surface area (Å²) in [6.07, 6.45) is 4.09. The highest BCUT2D eigenvalue weighted by atomic mass is 127. The molecule has 1 saturated carbocycles. The zero-order valence-corrected chi connectivity index (χ0v) is 20.6. The first kappa shape index (κ1) is 23.1. The van der Waals surface area contributed by atoms with Crippen molar-refractivity contribution in [3.8, 4) is 0 Å². The molecule has 0 spiro atoms. The van der Waals surface area contributed by atoms with Gasteiger partial charge in [0.2, 0.25) is 5.89 Å². The molecule has 1 fully saturated rings. The maximum Gasteiger partial charge on any atom is 0.226 e. The monoisotopic (exact) mass is 561 g/mol. The SMILES string of the molecule is CN=C(NCCCc1nc(C(C)C)no1)NCC1(c2ccccc2Br)CC1.I. The maximum absolute atomic E-state index is 5.28. The summed E-state index contributed by atoms with van der Waals surface area (Å²) in [6.45, 7) is 5.82. The van der Waals surface area contributed by atoms with E-state index in [1.54, 1.807) is 7.05 Å². The van der Waals surface area contributed by atoms with Crippen LogP contribution in [0.2, 0.25) is 0 Å². The average Bonchev–Trinajstić information content (AvgIpc) is 3.29. The number of aliphatic imine (C=N–C) groups is 1. The van der Waals surface area contributed by atoms with Gasteiger partial charge in [0.15, 0.2) is 11.8 Å². The molecule has 1 aromatic carbocycles. The van der Waals surface area contributed by atoms with Gasteiger partial charge in [0.25, 0.3) is 0 Å². The molecule has 2 N–H and O–H groups in total. The number of hydrogen-bond acceptors (Lipinski definition) is 4. The summed E-state index contributed by atoms with van der Waals surface area (Å²) < 4.78 is 6.47. The Morgan fingerprint density at radius 2 is 2.04 bits per heavy atom. The van der Waals surface area contributed by atoms with Crippen molar-refractivity contribution in [3.63, 3.8) is 0 Å². The molecule has 1 heterocycles. The average molecular weight is 562 g/mol. The van der Waals surface area contributed by atoms with E-state index < -0.39 is 0 Å². The third-order valence-electron chi connectivity index (χ3n) is 4.98. The van der Waals surface area contributed by atoms with E-state index in [-0.39, 0.29) is 29.4 Å². The molecule has 0 unspecified atom stereocenters. The molecule has 3 rings (SSSR count). The predicted octanol–water partition coefficient (Wildman–Crippen LogP) is 4.40. The molecule has 8 heteroatoms. The molecule has 0 radical (unpaired) electrons. The van der Waals surface area contributed by atoms with E-state index in [0.717, 1.165) is 37.7 Å². The van der Waals surface area contributed by atoms with Gasteiger partial charge in [0.05, 0.1) is 0 Å². The van der Waals surface area contributed by atoms with Gasteiger partial charge in [-0.1, -0.05) is 53.1 Å². The van der Waals surface area contributed by atoms with Gasteiger partial charge in [-0.05, 0) is 30.9 Å². The van der Waals surface area contributed by atoms with Crippen LogP contribution in [0.1, 0.15) is 56.3 Å². The number of guanidine groups is 1. The number of benzene rings is 1. The summed E-state index contributed by atoms with van der Waals surface area (Å²) in [5.74, 6) is 2.61. The third-order valence-corrected chi connectivity index (χ3v) is 5.67. The highest BCUT2D eigenvalue weighted by molar-refractivity contribution is 14.0. The van der Waals surface area contributed by atoms with Crippen LogP contribution < -0.4 is 10.6 Å². The van der Waals surface area contributed by atoms with Gasteiger partial charge in [0.1, 0.15) is 0 Å². The summed E-state index contributed by atoms with van der Waals surface area (Å²) >= 11 is 3.69. The van der Waals surface area contributed by atoms with E-state index in [4.69, 9.17) is 4.52 Å². The number of nitrogens with one attached hydrogen (secondary N) is 2. The predicted molar refractivity (Wildman–Crippen MR) is 127 cm³/mol. The Kier molecular flexibility index (Phi) is 8.73. The normalized spacial score (nSPS) is 15.2. The summed E-state index contributed by atoms with van der Waals surface area (Å²) in [4.78, 5) is 8.75. The summed E-state index contributed by atoms with van der Waals surface area (Å²) in [7, 11) is 1.81. The Balaban J connectivity index is 0.00000280. The first-order valence-corrected chi connectivity index (χ1v) is 10.4. The molecule has 1 aliphatic carbocycles. The van der Waals surface area contributed by atoms with Crippen molar-refractivity contribution in [3.05, 3.63) is 46.0 Å². The Morgan fingerprint density at radius 1 is 1.29 bits per heavy atom. The largest absolute Gasteiger partial charge is 0.356 e. The molecule has 0 aliphatic heterocycles. The lowest BCUT2D eigenvalue weighted by Gasteiger charge is -2.20. The van der Waals surface area contributed by atoms with Crippen LogP contribution in [0.25, 0.3) is 0 Å². The molecule has 1 aromatic heterocycles. The number of aromatic nitrogens is 2. The van der Waals surface area contributed by atoms with Crippen molar-refractivity contribution in [2.75, 3.05) is 20.1 Å². The summed E-state index contributed by atoms with van der Waals surface area (Å²) in [5, 5.41) is 10.9. The fraction of sp³-hybridized carbons (Fsp3) is 0.550. The van der Waals surface area contributed by atoms with Crippen molar-refractivity contribution >= 4 is 45.9 Å². The lowest BCUT2D eigenvalue weighted by Crippen LogP contribution is -2.41. The van der Waals surface area contributed by atoms with Crippen LogP contribution >= 0.6 is 39.9 Å². The van der Waals surface area contributed by atoms with Crippen molar-refractivity contribution in [1.82, 2.24) is 20.8 Å². The zero-order chi connectivity index (χ0) is 19.3. The zero-order valence-electron chi connectivity index (χ0n) is 16.7. The van der Waals surface area contributed by atoms with E-state index >= 15 is 0 Å². The van der Waals surface area contributed by atoms with Crippen LogP contribution in [0.4, 0.5) is 0 Å². The highest BCUT2D eigenvalue weighted by Crippen LogP contribution is 2.49. The van der Waals surface area contributed by atoms with Crippen molar-refractivity contribution < 1.29 is 4.52 Å². The molecule has 1 aliphatic rings. The van der Waals surface area contributed by atoms with E-state index in [0.29, 0.717) is 11.8 Å². The van der Waals surface area contributed by atoms with Gasteiger partial charge in [-0.3, -0.25) is 4.99 Å². The smallest absolute Gasteiger partial charge is 0.226 e. The van der Waals surface area contributed by atoms with Gasteiger partial charge in [-0.2, -0.15) is 4.98 Å².